The van der Waals surface area contributed by atoms with Gasteiger partial charge < -0.3 is 15.6 Å². The molecule has 3 N–H and O–H groups in total. The number of hydrogen-bond donors (Lipinski definition) is 2. The summed E-state index contributed by atoms with van der Waals surface area (Å²) in [6.45, 7) is 1.75. The lowest BCUT2D eigenvalue weighted by Crippen LogP contribution is -2.11. The lowest BCUT2D eigenvalue weighted by molar-refractivity contribution is 0.624. The van der Waals surface area contributed by atoms with E-state index in [1.165, 1.54) is 12.4 Å². The van der Waals surface area contributed by atoms with Crippen LogP contribution in [0.25, 0.3) is 16.6 Å². The minimum Gasteiger partial charge on any atom is -0.382 e. The Bertz CT molecular complexity index is 1350. The molecule has 2 fully saturated rings. The Labute approximate surface area is 171 Å². The van der Waals surface area contributed by atoms with E-state index in [-0.39, 0.29) is 17.3 Å². The minimum atomic E-state index is -0.370. The van der Waals surface area contributed by atoms with Crippen molar-refractivity contribution in [2.24, 2.45) is 0 Å². The molecule has 4 heterocycles. The predicted octanol–water partition coefficient (Wildman–Crippen LogP) is 2.01. The average Bonchev–Trinajstić information content (AvgIpc) is 3.14. The Hall–Kier alpha value is -3.51. The molecule has 2 aliphatic rings. The molecule has 30 heavy (non-hydrogen) atoms. The lowest BCUT2D eigenvalue weighted by atomic mass is 10.1. The van der Waals surface area contributed by atoms with Crippen molar-refractivity contribution in [2.45, 2.75) is 31.2 Å². The summed E-state index contributed by atoms with van der Waals surface area (Å²) in [5.74, 6) is 6.88. The van der Waals surface area contributed by atoms with Gasteiger partial charge in [0.15, 0.2) is 5.82 Å². The molecule has 4 aromatic rings. The van der Waals surface area contributed by atoms with Gasteiger partial charge in [0.25, 0.3) is 0 Å². The zero-order chi connectivity index (χ0) is 20.2. The molecule has 1 aromatic carbocycles. The fraction of sp³-hybridized carbons (Fsp3) is 0.333. The maximum atomic E-state index is 14.8. The van der Waals surface area contributed by atoms with Crippen molar-refractivity contribution >= 4 is 22.4 Å². The van der Waals surface area contributed by atoms with Crippen LogP contribution < -0.4 is 11.1 Å². The third-order valence-electron chi connectivity index (χ3n) is 5.83. The van der Waals surface area contributed by atoms with Gasteiger partial charge in [0.05, 0.1) is 22.9 Å². The highest BCUT2D eigenvalue weighted by Gasteiger charge is 2.26. The van der Waals surface area contributed by atoms with E-state index >= 15 is 0 Å². The number of hydrogen-bond acceptors (Lipinski definition) is 6. The van der Waals surface area contributed by atoms with Crippen molar-refractivity contribution in [3.8, 4) is 11.8 Å². The number of aromatic nitrogens is 6. The number of benzene rings is 1. The van der Waals surface area contributed by atoms with Gasteiger partial charge in [-0.05, 0) is 37.8 Å². The molecule has 6 rings (SSSR count). The Morgan fingerprint density at radius 2 is 2.07 bits per heavy atom. The summed E-state index contributed by atoms with van der Waals surface area (Å²) in [6, 6.07) is 3.65. The SMILES string of the molecule is Nc1ncnn2c(C3CCNC3)nc(C#Cc3cc4ncn(C5CC5)c4cc3F)c12. The monoisotopic (exact) mass is 402 g/mol. The molecule has 1 aliphatic heterocycles. The van der Waals surface area contributed by atoms with Gasteiger partial charge in [0, 0.05) is 24.6 Å². The van der Waals surface area contributed by atoms with Crippen molar-refractivity contribution < 1.29 is 4.39 Å². The first-order chi connectivity index (χ1) is 14.7. The zero-order valence-electron chi connectivity index (χ0n) is 16.1. The van der Waals surface area contributed by atoms with Gasteiger partial charge >= 0.3 is 0 Å². The van der Waals surface area contributed by atoms with Crippen LogP contribution in [0.4, 0.5) is 10.2 Å². The molecule has 9 heteroatoms. The van der Waals surface area contributed by atoms with Crippen LogP contribution in [0.3, 0.4) is 0 Å². The number of halogens is 1. The Balaban J connectivity index is 1.45. The number of nitrogens with two attached hydrogens (primary N) is 1. The molecular weight excluding hydrogens is 383 g/mol. The van der Waals surface area contributed by atoms with Crippen LogP contribution in [0.2, 0.25) is 0 Å². The topological polar surface area (TPSA) is 98.9 Å². The van der Waals surface area contributed by atoms with Crippen LogP contribution in [0.5, 0.6) is 0 Å². The number of nitrogen functional groups attached to an aromatic ring is 1. The van der Waals surface area contributed by atoms with Crippen LogP contribution in [-0.2, 0) is 0 Å². The first-order valence-corrected chi connectivity index (χ1v) is 10.1. The first kappa shape index (κ1) is 17.4. The smallest absolute Gasteiger partial charge is 0.154 e. The Kier molecular flexibility index (Phi) is 3.76. The third kappa shape index (κ3) is 2.72. The fourth-order valence-electron chi connectivity index (χ4n) is 4.12. The minimum absolute atomic E-state index is 0.224. The highest BCUT2D eigenvalue weighted by Crippen LogP contribution is 2.37. The van der Waals surface area contributed by atoms with E-state index in [1.807, 2.05) is 4.57 Å². The van der Waals surface area contributed by atoms with E-state index in [0.29, 0.717) is 23.1 Å². The largest absolute Gasteiger partial charge is 0.382 e. The summed E-state index contributed by atoms with van der Waals surface area (Å²) in [5.41, 5.74) is 8.94. The maximum absolute atomic E-state index is 14.8. The summed E-state index contributed by atoms with van der Waals surface area (Å²) in [4.78, 5) is 13.2. The zero-order valence-corrected chi connectivity index (χ0v) is 16.1. The summed E-state index contributed by atoms with van der Waals surface area (Å²) in [6.07, 6.45) is 6.39. The molecule has 150 valence electrons. The van der Waals surface area contributed by atoms with Gasteiger partial charge in [-0.15, -0.1) is 0 Å². The molecule has 8 nitrogen and oxygen atoms in total. The lowest BCUT2D eigenvalue weighted by Gasteiger charge is -2.05. The van der Waals surface area contributed by atoms with E-state index in [9.17, 15) is 4.39 Å². The Morgan fingerprint density at radius 3 is 2.87 bits per heavy atom. The summed E-state index contributed by atoms with van der Waals surface area (Å²) < 4.78 is 18.5. The van der Waals surface area contributed by atoms with Crippen molar-refractivity contribution in [3.05, 3.63) is 47.7 Å². The molecule has 1 aliphatic carbocycles. The molecule has 1 atom stereocenters. The van der Waals surface area contributed by atoms with Crippen molar-refractivity contribution in [2.75, 3.05) is 18.8 Å². The van der Waals surface area contributed by atoms with E-state index in [1.54, 1.807) is 16.9 Å². The molecule has 1 saturated carbocycles. The number of imidazole rings is 2. The van der Waals surface area contributed by atoms with Gasteiger partial charge in [-0.1, -0.05) is 5.92 Å². The van der Waals surface area contributed by atoms with Crippen LogP contribution in [-0.4, -0.2) is 42.2 Å². The average molecular weight is 402 g/mol. The van der Waals surface area contributed by atoms with Gasteiger partial charge in [-0.25, -0.2) is 23.9 Å². The second-order valence-corrected chi connectivity index (χ2v) is 7.87. The fourth-order valence-corrected chi connectivity index (χ4v) is 4.12. The van der Waals surface area contributed by atoms with Crippen molar-refractivity contribution in [3.63, 3.8) is 0 Å². The molecule has 3 aromatic heterocycles. The molecule has 0 bridgehead atoms. The molecule has 1 saturated heterocycles. The normalized spacial score (nSPS) is 18.8. The van der Waals surface area contributed by atoms with Crippen LogP contribution >= 0.6 is 0 Å². The quantitative estimate of drug-likeness (QED) is 0.498. The van der Waals surface area contributed by atoms with Crippen LogP contribution in [0, 0.1) is 17.7 Å². The second kappa shape index (κ2) is 6.50. The highest BCUT2D eigenvalue weighted by atomic mass is 19.1. The van der Waals surface area contributed by atoms with E-state index < -0.39 is 0 Å². The number of fused-ring (bicyclic) bond motifs is 2. The summed E-state index contributed by atoms with van der Waals surface area (Å²) in [5, 5.41) is 7.66. The molecule has 0 radical (unpaired) electrons. The third-order valence-corrected chi connectivity index (χ3v) is 5.83. The predicted molar refractivity (Wildman–Crippen MR) is 109 cm³/mol. The van der Waals surface area contributed by atoms with Gasteiger partial charge in [-0.2, -0.15) is 5.10 Å². The number of anilines is 1. The molecule has 0 amide bonds. The number of nitrogens with one attached hydrogen (secondary N) is 1. The van der Waals surface area contributed by atoms with Gasteiger partial charge in [-0.3, -0.25) is 0 Å². The number of nitrogens with zero attached hydrogens (tertiary/aromatic N) is 6. The molecule has 1 unspecified atom stereocenters. The number of rotatable bonds is 2. The highest BCUT2D eigenvalue weighted by molar-refractivity contribution is 5.78. The van der Waals surface area contributed by atoms with E-state index in [4.69, 9.17) is 10.7 Å². The van der Waals surface area contributed by atoms with E-state index in [0.717, 1.165) is 49.2 Å². The van der Waals surface area contributed by atoms with Gasteiger partial charge in [0.2, 0.25) is 0 Å². The summed E-state index contributed by atoms with van der Waals surface area (Å²) in [7, 11) is 0. The van der Waals surface area contributed by atoms with Crippen LogP contribution in [0.15, 0.2) is 24.8 Å². The summed E-state index contributed by atoms with van der Waals surface area (Å²) >= 11 is 0. The Morgan fingerprint density at radius 1 is 1.17 bits per heavy atom. The first-order valence-electron chi connectivity index (χ1n) is 10.1. The molecule has 0 spiro atoms. The second-order valence-electron chi connectivity index (χ2n) is 7.87. The maximum Gasteiger partial charge on any atom is 0.154 e. The van der Waals surface area contributed by atoms with E-state index in [2.05, 4.69) is 32.2 Å². The standard InChI is InChI=1S/C21H19FN8/c22-15-8-18-17(26-11-29(18)14-2-3-14)7-12(15)1-4-16-19-20(23)25-10-27-30(19)21(28-16)13-5-6-24-9-13/h7-8,10-11,13-14,24H,2-3,5-6,9H2,(H2,23,25,27). The van der Waals surface area contributed by atoms with Crippen LogP contribution in [0.1, 0.15) is 48.3 Å². The van der Waals surface area contributed by atoms with Crippen molar-refractivity contribution in [1.82, 2.24) is 34.4 Å². The van der Waals surface area contributed by atoms with Crippen molar-refractivity contribution in [1.29, 1.82) is 0 Å². The molecular formula is C21H19FN8. The van der Waals surface area contributed by atoms with Gasteiger partial charge in [0.1, 0.15) is 29.2 Å².